The first-order valence-corrected chi connectivity index (χ1v) is 11.1. The van der Waals surface area contributed by atoms with Gasteiger partial charge < -0.3 is 19.6 Å². The van der Waals surface area contributed by atoms with Gasteiger partial charge >= 0.3 is 0 Å². The Kier molecular flexibility index (Phi) is 8.06. The highest BCUT2D eigenvalue weighted by atomic mass is 16.5. The van der Waals surface area contributed by atoms with Gasteiger partial charge in [-0.3, -0.25) is 9.59 Å². The van der Waals surface area contributed by atoms with E-state index < -0.39 is 17.7 Å². The van der Waals surface area contributed by atoms with E-state index in [9.17, 15) is 14.7 Å². The highest BCUT2D eigenvalue weighted by Gasteiger charge is 2.45. The summed E-state index contributed by atoms with van der Waals surface area (Å²) in [7, 11) is 3.83. The summed E-state index contributed by atoms with van der Waals surface area (Å²) >= 11 is 0. The van der Waals surface area contributed by atoms with Crippen molar-refractivity contribution in [2.24, 2.45) is 0 Å². The molecule has 6 heteroatoms. The number of nitrogens with zero attached hydrogens (tertiary/aromatic N) is 2. The number of carbonyl (C=O) groups is 2. The second kappa shape index (κ2) is 11.0. The first-order valence-electron chi connectivity index (χ1n) is 11.1. The van der Waals surface area contributed by atoms with Crippen molar-refractivity contribution in [3.8, 4) is 5.75 Å². The molecular formula is C26H32N2O4. The Morgan fingerprint density at radius 3 is 2.34 bits per heavy atom. The lowest BCUT2D eigenvalue weighted by Gasteiger charge is -2.26. The number of rotatable bonds is 10. The number of unbranched alkanes of at least 4 members (excludes halogenated alkanes) is 2. The Hall–Kier alpha value is -3.12. The molecule has 1 saturated heterocycles. The number of aliphatic hydroxyl groups is 1. The van der Waals surface area contributed by atoms with Crippen LogP contribution in [0.3, 0.4) is 0 Å². The number of benzene rings is 2. The minimum absolute atomic E-state index is 0.122. The third kappa shape index (κ3) is 5.37. The van der Waals surface area contributed by atoms with Gasteiger partial charge in [-0.1, -0.05) is 50.1 Å². The molecule has 170 valence electrons. The van der Waals surface area contributed by atoms with Gasteiger partial charge in [0.05, 0.1) is 18.2 Å². The molecule has 1 aliphatic rings. The summed E-state index contributed by atoms with van der Waals surface area (Å²) in [5.41, 5.74) is 1.40. The molecule has 0 saturated carbocycles. The Morgan fingerprint density at radius 1 is 1.03 bits per heavy atom. The monoisotopic (exact) mass is 436 g/mol. The fourth-order valence-electron chi connectivity index (χ4n) is 3.81. The SMILES string of the molecule is CCCCCOc1ccc(/C(O)=C2/C(=O)C(=O)N(CCN(C)C)C2c2ccccc2)cc1. The van der Waals surface area contributed by atoms with Gasteiger partial charge in [0.25, 0.3) is 11.7 Å². The molecule has 3 rings (SSSR count). The predicted molar refractivity (Wildman–Crippen MR) is 125 cm³/mol. The second-order valence-corrected chi connectivity index (χ2v) is 8.29. The number of amides is 1. The normalized spacial score (nSPS) is 17.9. The molecule has 0 aliphatic carbocycles. The number of hydrogen-bond donors (Lipinski definition) is 1. The molecule has 1 fully saturated rings. The average Bonchev–Trinajstić information content (AvgIpc) is 3.06. The molecule has 1 aliphatic heterocycles. The van der Waals surface area contributed by atoms with Crippen LogP contribution in [0, 0.1) is 0 Å². The molecule has 2 aromatic carbocycles. The van der Waals surface area contributed by atoms with Crippen molar-refractivity contribution in [3.63, 3.8) is 0 Å². The van der Waals surface area contributed by atoms with Crippen LogP contribution in [0.15, 0.2) is 60.2 Å². The average molecular weight is 437 g/mol. The van der Waals surface area contributed by atoms with Crippen molar-refractivity contribution >= 4 is 17.4 Å². The molecule has 1 unspecified atom stereocenters. The van der Waals surface area contributed by atoms with E-state index in [0.717, 1.165) is 24.8 Å². The van der Waals surface area contributed by atoms with E-state index in [-0.39, 0.29) is 11.3 Å². The van der Waals surface area contributed by atoms with Crippen LogP contribution in [-0.2, 0) is 9.59 Å². The molecule has 0 bridgehead atoms. The number of likely N-dealkylation sites (tertiary alicyclic amines) is 1. The van der Waals surface area contributed by atoms with E-state index in [1.807, 2.05) is 49.3 Å². The van der Waals surface area contributed by atoms with Gasteiger partial charge in [0.1, 0.15) is 11.5 Å². The van der Waals surface area contributed by atoms with E-state index in [1.165, 1.54) is 0 Å². The maximum atomic E-state index is 13.0. The molecule has 1 N–H and O–H groups in total. The smallest absolute Gasteiger partial charge is 0.295 e. The first kappa shape index (κ1) is 23.5. The Morgan fingerprint density at radius 2 is 1.72 bits per heavy atom. The van der Waals surface area contributed by atoms with E-state index in [1.54, 1.807) is 29.2 Å². The van der Waals surface area contributed by atoms with Crippen molar-refractivity contribution in [2.45, 2.75) is 32.2 Å². The minimum atomic E-state index is -0.657. The summed E-state index contributed by atoms with van der Waals surface area (Å²) in [6, 6.07) is 15.7. The van der Waals surface area contributed by atoms with Crippen LogP contribution in [0.1, 0.15) is 43.4 Å². The molecule has 6 nitrogen and oxygen atoms in total. The number of likely N-dealkylation sites (N-methyl/N-ethyl adjacent to an activating group) is 1. The molecule has 2 aromatic rings. The van der Waals surface area contributed by atoms with Crippen molar-refractivity contribution in [1.29, 1.82) is 0 Å². The van der Waals surface area contributed by atoms with Gasteiger partial charge in [-0.05, 0) is 50.3 Å². The molecule has 0 radical (unpaired) electrons. The van der Waals surface area contributed by atoms with E-state index >= 15 is 0 Å². The Balaban J connectivity index is 1.93. The van der Waals surface area contributed by atoms with Gasteiger partial charge in [-0.2, -0.15) is 0 Å². The number of ketones is 1. The summed E-state index contributed by atoms with van der Waals surface area (Å²) in [5, 5.41) is 11.1. The number of ether oxygens (including phenoxy) is 1. The molecule has 32 heavy (non-hydrogen) atoms. The predicted octanol–water partition coefficient (Wildman–Crippen LogP) is 4.24. The van der Waals surface area contributed by atoms with Crippen molar-refractivity contribution in [1.82, 2.24) is 9.80 Å². The maximum absolute atomic E-state index is 13.0. The van der Waals surface area contributed by atoms with Gasteiger partial charge in [-0.15, -0.1) is 0 Å². The molecular weight excluding hydrogens is 404 g/mol. The van der Waals surface area contributed by atoms with E-state index in [2.05, 4.69) is 6.92 Å². The Bertz CT molecular complexity index is 952. The number of Topliss-reactive ketones (excluding diaryl/α,β-unsaturated/α-hetero) is 1. The topological polar surface area (TPSA) is 70.1 Å². The van der Waals surface area contributed by atoms with Crippen LogP contribution in [-0.4, -0.2) is 60.4 Å². The van der Waals surface area contributed by atoms with Gasteiger partial charge in [0.15, 0.2) is 0 Å². The molecule has 1 atom stereocenters. The van der Waals surface area contributed by atoms with Crippen molar-refractivity contribution < 1.29 is 19.4 Å². The highest BCUT2D eigenvalue weighted by Crippen LogP contribution is 2.39. The zero-order valence-corrected chi connectivity index (χ0v) is 19.1. The number of aliphatic hydroxyl groups excluding tert-OH is 1. The fourth-order valence-corrected chi connectivity index (χ4v) is 3.81. The number of carbonyl (C=O) groups excluding carboxylic acids is 2. The molecule has 1 heterocycles. The summed E-state index contributed by atoms with van der Waals surface area (Å²) < 4.78 is 5.74. The van der Waals surface area contributed by atoms with Crippen molar-refractivity contribution in [2.75, 3.05) is 33.8 Å². The summed E-state index contributed by atoms with van der Waals surface area (Å²) in [4.78, 5) is 29.4. The van der Waals surface area contributed by atoms with Crippen LogP contribution >= 0.6 is 0 Å². The molecule has 1 amide bonds. The van der Waals surface area contributed by atoms with Crippen LogP contribution in [0.4, 0.5) is 0 Å². The zero-order chi connectivity index (χ0) is 23.1. The highest BCUT2D eigenvalue weighted by molar-refractivity contribution is 6.46. The van der Waals surface area contributed by atoms with Gasteiger partial charge in [0.2, 0.25) is 0 Å². The maximum Gasteiger partial charge on any atom is 0.295 e. The van der Waals surface area contributed by atoms with Crippen LogP contribution in [0.5, 0.6) is 5.75 Å². The third-order valence-corrected chi connectivity index (χ3v) is 5.59. The van der Waals surface area contributed by atoms with Crippen LogP contribution < -0.4 is 4.74 Å². The Labute approximate surface area is 190 Å². The lowest BCUT2D eigenvalue weighted by molar-refractivity contribution is -0.140. The number of hydrogen-bond acceptors (Lipinski definition) is 5. The minimum Gasteiger partial charge on any atom is -0.507 e. The zero-order valence-electron chi connectivity index (χ0n) is 19.1. The first-order chi connectivity index (χ1) is 15.4. The van der Waals surface area contributed by atoms with Crippen LogP contribution in [0.2, 0.25) is 0 Å². The van der Waals surface area contributed by atoms with E-state index in [0.29, 0.717) is 31.0 Å². The van der Waals surface area contributed by atoms with Gasteiger partial charge in [-0.25, -0.2) is 0 Å². The fraction of sp³-hybridized carbons (Fsp3) is 0.385. The van der Waals surface area contributed by atoms with Crippen molar-refractivity contribution in [3.05, 3.63) is 71.3 Å². The lowest BCUT2D eigenvalue weighted by Crippen LogP contribution is -2.35. The van der Waals surface area contributed by atoms with Gasteiger partial charge in [0, 0.05) is 18.7 Å². The molecule has 0 spiro atoms. The largest absolute Gasteiger partial charge is 0.507 e. The third-order valence-electron chi connectivity index (χ3n) is 5.59. The molecule has 0 aromatic heterocycles. The standard InChI is InChI=1S/C26H32N2O4/c1-4-5-9-18-32-21-14-12-20(13-15-21)24(29)22-23(19-10-7-6-8-11-19)28(17-16-27(2)3)26(31)25(22)30/h6-8,10-15,23,29H,4-5,9,16-18H2,1-3H3/b24-22-. The quantitative estimate of drug-likeness (QED) is 0.261. The van der Waals surface area contributed by atoms with E-state index in [4.69, 9.17) is 4.74 Å². The second-order valence-electron chi connectivity index (χ2n) is 8.29. The lowest BCUT2D eigenvalue weighted by atomic mass is 9.95. The summed E-state index contributed by atoms with van der Waals surface area (Å²) in [5.74, 6) is -0.695. The van der Waals surface area contributed by atoms with Crippen LogP contribution in [0.25, 0.3) is 5.76 Å². The summed E-state index contributed by atoms with van der Waals surface area (Å²) in [6.45, 7) is 3.79. The summed E-state index contributed by atoms with van der Waals surface area (Å²) in [6.07, 6.45) is 3.24.